The topological polar surface area (TPSA) is 13.1 Å². The monoisotopic (exact) mass is 156 g/mol. The summed E-state index contributed by atoms with van der Waals surface area (Å²) in [7, 11) is 0. The summed E-state index contributed by atoms with van der Waals surface area (Å²) >= 11 is 5.46. The van der Waals surface area contributed by atoms with Gasteiger partial charge in [0.05, 0.1) is 6.26 Å². The van der Waals surface area contributed by atoms with Crippen LogP contribution in [0.2, 0.25) is 0 Å². The lowest BCUT2D eigenvalue weighted by molar-refractivity contribution is 0.557. The van der Waals surface area contributed by atoms with E-state index < -0.39 is 0 Å². The molecule has 1 aromatic rings. The van der Waals surface area contributed by atoms with Gasteiger partial charge in [0.25, 0.3) is 0 Å². The molecule has 0 aliphatic rings. The van der Waals surface area contributed by atoms with Crippen molar-refractivity contribution in [2.75, 3.05) is 5.88 Å². The number of hydrogen-bond acceptors (Lipinski definition) is 1. The van der Waals surface area contributed by atoms with Crippen LogP contribution in [-0.4, -0.2) is 5.88 Å². The van der Waals surface area contributed by atoms with Crippen LogP contribution in [0.3, 0.4) is 0 Å². The molecule has 0 bridgehead atoms. The molecule has 0 spiro atoms. The molecule has 54 valence electrons. The van der Waals surface area contributed by atoms with Gasteiger partial charge in [0.2, 0.25) is 0 Å². The predicted molar refractivity (Wildman–Crippen MR) is 43.1 cm³/mol. The fourth-order valence-electron chi connectivity index (χ4n) is 0.649. The Labute approximate surface area is 65.3 Å². The van der Waals surface area contributed by atoms with E-state index >= 15 is 0 Å². The Balaban J connectivity index is 2.40. The standard InChI is InChI=1S/C8H9ClO/c9-6-2-1-4-8-5-3-7-10-8/h1,3-5,7H,2,6H2/b4-1+. The van der Waals surface area contributed by atoms with Crippen LogP contribution < -0.4 is 0 Å². The van der Waals surface area contributed by atoms with Crippen LogP contribution in [0.25, 0.3) is 6.08 Å². The first-order valence-corrected chi connectivity index (χ1v) is 3.73. The second-order valence-electron chi connectivity index (χ2n) is 1.90. The number of alkyl halides is 1. The van der Waals surface area contributed by atoms with Crippen molar-refractivity contribution in [3.63, 3.8) is 0 Å². The van der Waals surface area contributed by atoms with E-state index in [2.05, 4.69) is 0 Å². The van der Waals surface area contributed by atoms with Gasteiger partial charge >= 0.3 is 0 Å². The molecule has 0 amide bonds. The minimum atomic E-state index is 0.664. The third kappa shape index (κ3) is 2.28. The van der Waals surface area contributed by atoms with Crippen molar-refractivity contribution in [3.8, 4) is 0 Å². The Morgan fingerprint density at radius 2 is 2.50 bits per heavy atom. The Morgan fingerprint density at radius 3 is 3.10 bits per heavy atom. The molecule has 0 radical (unpaired) electrons. The van der Waals surface area contributed by atoms with E-state index in [0.717, 1.165) is 12.2 Å². The first-order valence-electron chi connectivity index (χ1n) is 3.19. The van der Waals surface area contributed by atoms with Gasteiger partial charge in [-0.05, 0) is 24.6 Å². The highest BCUT2D eigenvalue weighted by molar-refractivity contribution is 6.17. The summed E-state index contributed by atoms with van der Waals surface area (Å²) in [5.74, 6) is 1.54. The van der Waals surface area contributed by atoms with Crippen molar-refractivity contribution >= 4 is 17.7 Å². The van der Waals surface area contributed by atoms with Gasteiger partial charge in [-0.1, -0.05) is 6.08 Å². The fraction of sp³-hybridized carbons (Fsp3) is 0.250. The lowest BCUT2D eigenvalue weighted by atomic mass is 10.3. The van der Waals surface area contributed by atoms with Gasteiger partial charge in [-0.15, -0.1) is 11.6 Å². The van der Waals surface area contributed by atoms with Crippen LogP contribution in [-0.2, 0) is 0 Å². The predicted octanol–water partition coefficient (Wildman–Crippen LogP) is 2.92. The number of allylic oxidation sites excluding steroid dienone is 1. The first kappa shape index (κ1) is 7.42. The summed E-state index contributed by atoms with van der Waals surface area (Å²) in [4.78, 5) is 0. The minimum Gasteiger partial charge on any atom is -0.465 e. The molecule has 0 saturated heterocycles. The molecular formula is C8H9ClO. The molecule has 0 fully saturated rings. The molecule has 0 aromatic carbocycles. The molecule has 0 unspecified atom stereocenters. The first-order chi connectivity index (χ1) is 4.93. The third-order valence-corrected chi connectivity index (χ3v) is 1.32. The Morgan fingerprint density at radius 1 is 1.60 bits per heavy atom. The van der Waals surface area contributed by atoms with Gasteiger partial charge in [-0.2, -0.15) is 0 Å². The highest BCUT2D eigenvalue weighted by Gasteiger charge is 1.84. The summed E-state index contributed by atoms with van der Waals surface area (Å²) in [6, 6.07) is 3.77. The van der Waals surface area contributed by atoms with Crippen molar-refractivity contribution in [3.05, 3.63) is 30.2 Å². The fourth-order valence-corrected chi connectivity index (χ4v) is 0.775. The van der Waals surface area contributed by atoms with E-state index in [1.807, 2.05) is 24.3 Å². The van der Waals surface area contributed by atoms with Gasteiger partial charge in [-0.25, -0.2) is 0 Å². The maximum atomic E-state index is 5.46. The van der Waals surface area contributed by atoms with Crippen molar-refractivity contribution in [2.24, 2.45) is 0 Å². The highest BCUT2D eigenvalue weighted by Crippen LogP contribution is 2.02. The maximum Gasteiger partial charge on any atom is 0.126 e. The van der Waals surface area contributed by atoms with E-state index in [4.69, 9.17) is 16.0 Å². The van der Waals surface area contributed by atoms with Crippen molar-refractivity contribution in [1.82, 2.24) is 0 Å². The zero-order valence-corrected chi connectivity index (χ0v) is 6.34. The van der Waals surface area contributed by atoms with Crippen molar-refractivity contribution in [2.45, 2.75) is 6.42 Å². The SMILES string of the molecule is ClCC/C=C/c1ccco1. The molecular weight excluding hydrogens is 148 g/mol. The van der Waals surface area contributed by atoms with E-state index in [0.29, 0.717) is 5.88 Å². The van der Waals surface area contributed by atoms with Crippen molar-refractivity contribution in [1.29, 1.82) is 0 Å². The zero-order valence-electron chi connectivity index (χ0n) is 5.59. The molecule has 0 N–H and O–H groups in total. The van der Waals surface area contributed by atoms with Gasteiger partial charge in [0.15, 0.2) is 0 Å². The molecule has 10 heavy (non-hydrogen) atoms. The molecule has 0 atom stereocenters. The van der Waals surface area contributed by atoms with E-state index in [1.165, 1.54) is 0 Å². The van der Waals surface area contributed by atoms with Gasteiger partial charge in [0, 0.05) is 5.88 Å². The van der Waals surface area contributed by atoms with Crippen LogP contribution in [0.1, 0.15) is 12.2 Å². The largest absolute Gasteiger partial charge is 0.465 e. The van der Waals surface area contributed by atoms with E-state index in [9.17, 15) is 0 Å². The molecule has 1 aromatic heterocycles. The van der Waals surface area contributed by atoms with Crippen LogP contribution >= 0.6 is 11.6 Å². The molecule has 1 rings (SSSR count). The summed E-state index contributed by atoms with van der Waals surface area (Å²) in [5.41, 5.74) is 0. The highest BCUT2D eigenvalue weighted by atomic mass is 35.5. The third-order valence-electron chi connectivity index (χ3n) is 1.10. The average Bonchev–Trinajstić information content (AvgIpc) is 2.41. The summed E-state index contributed by atoms with van der Waals surface area (Å²) in [6.45, 7) is 0. The van der Waals surface area contributed by atoms with Crippen LogP contribution in [0.5, 0.6) is 0 Å². The Kier molecular flexibility index (Phi) is 3.10. The minimum absolute atomic E-state index is 0.664. The van der Waals surface area contributed by atoms with Gasteiger partial charge < -0.3 is 4.42 Å². The molecule has 0 saturated carbocycles. The van der Waals surface area contributed by atoms with E-state index in [1.54, 1.807) is 6.26 Å². The molecule has 0 aliphatic carbocycles. The normalized spacial score (nSPS) is 10.9. The number of halogens is 1. The summed E-state index contributed by atoms with van der Waals surface area (Å²) in [6.07, 6.45) is 6.46. The van der Waals surface area contributed by atoms with Gasteiger partial charge in [0.1, 0.15) is 5.76 Å². The summed E-state index contributed by atoms with van der Waals surface area (Å²) < 4.78 is 5.05. The zero-order chi connectivity index (χ0) is 7.23. The number of rotatable bonds is 3. The van der Waals surface area contributed by atoms with Crippen LogP contribution in [0.4, 0.5) is 0 Å². The Bertz CT molecular complexity index is 189. The quantitative estimate of drug-likeness (QED) is 0.614. The average molecular weight is 157 g/mol. The number of furan rings is 1. The van der Waals surface area contributed by atoms with Crippen LogP contribution in [0, 0.1) is 0 Å². The molecule has 2 heteroatoms. The smallest absolute Gasteiger partial charge is 0.126 e. The van der Waals surface area contributed by atoms with Gasteiger partial charge in [-0.3, -0.25) is 0 Å². The lowest BCUT2D eigenvalue weighted by Crippen LogP contribution is -1.65. The second-order valence-corrected chi connectivity index (χ2v) is 2.27. The number of hydrogen-bond donors (Lipinski definition) is 0. The lowest BCUT2D eigenvalue weighted by Gasteiger charge is -1.82. The second kappa shape index (κ2) is 4.18. The Hall–Kier alpha value is -0.690. The molecule has 0 aliphatic heterocycles. The molecule has 1 heterocycles. The summed E-state index contributed by atoms with van der Waals surface area (Å²) in [5, 5.41) is 0. The maximum absolute atomic E-state index is 5.46. The van der Waals surface area contributed by atoms with Crippen LogP contribution in [0.15, 0.2) is 28.9 Å². The molecule has 1 nitrogen and oxygen atoms in total. The van der Waals surface area contributed by atoms with Crippen molar-refractivity contribution < 1.29 is 4.42 Å². The van der Waals surface area contributed by atoms with E-state index in [-0.39, 0.29) is 0 Å².